The van der Waals surface area contributed by atoms with E-state index in [4.69, 9.17) is 4.74 Å². The number of fused-ring (bicyclic) bond motifs is 1. The lowest BCUT2D eigenvalue weighted by Crippen LogP contribution is -2.55. The number of carbonyl (C=O) groups excluding carboxylic acids is 1. The number of amides is 1. The van der Waals surface area contributed by atoms with Crippen molar-refractivity contribution in [3.8, 4) is 0 Å². The summed E-state index contributed by atoms with van der Waals surface area (Å²) in [7, 11) is 1.63. The van der Waals surface area contributed by atoms with Crippen LogP contribution in [-0.4, -0.2) is 64.3 Å². The first-order valence-electron chi connectivity index (χ1n) is 10.2. The molecule has 3 aromatic rings. The zero-order chi connectivity index (χ0) is 22.1. The fraction of sp³-hybridized carbons (Fsp3) is 0.429. The molecule has 1 aromatic carbocycles. The molecule has 0 radical (unpaired) electrons. The number of anilines is 1. The summed E-state index contributed by atoms with van der Waals surface area (Å²) in [5.74, 6) is -0.884. The minimum atomic E-state index is -0.962. The molecule has 1 saturated heterocycles. The van der Waals surface area contributed by atoms with Gasteiger partial charge in [0.1, 0.15) is 0 Å². The summed E-state index contributed by atoms with van der Waals surface area (Å²) in [6.45, 7) is 5.13. The van der Waals surface area contributed by atoms with Crippen LogP contribution in [0.5, 0.6) is 0 Å². The van der Waals surface area contributed by atoms with Crippen molar-refractivity contribution in [1.29, 1.82) is 0 Å². The molecule has 0 unspecified atom stereocenters. The van der Waals surface area contributed by atoms with Crippen LogP contribution >= 0.6 is 11.3 Å². The van der Waals surface area contributed by atoms with E-state index in [9.17, 15) is 14.7 Å². The van der Waals surface area contributed by atoms with Crippen LogP contribution < -0.4 is 10.2 Å². The monoisotopic (exact) mass is 443 g/mol. The molecule has 2 aromatic heterocycles. The molecule has 0 bridgehead atoms. The minimum absolute atomic E-state index is 0.159. The lowest BCUT2D eigenvalue weighted by atomic mass is 10.0. The Morgan fingerprint density at radius 3 is 2.87 bits per heavy atom. The maximum Gasteiger partial charge on any atom is 0.337 e. The zero-order valence-electron chi connectivity index (χ0n) is 17.6. The average Bonchev–Trinajstić information content (AvgIpc) is 3.36. The highest BCUT2D eigenvalue weighted by atomic mass is 32.1. The Morgan fingerprint density at radius 2 is 2.19 bits per heavy atom. The van der Waals surface area contributed by atoms with Gasteiger partial charge in [0, 0.05) is 25.9 Å². The van der Waals surface area contributed by atoms with Gasteiger partial charge in [-0.3, -0.25) is 4.79 Å². The first kappa shape index (κ1) is 21.3. The molecular weight excluding hydrogens is 418 g/mol. The maximum absolute atomic E-state index is 12.7. The first-order valence-corrected chi connectivity index (χ1v) is 11.0. The third-order valence-electron chi connectivity index (χ3n) is 5.62. The van der Waals surface area contributed by atoms with Crippen molar-refractivity contribution in [2.75, 3.05) is 25.1 Å². The van der Waals surface area contributed by atoms with Crippen LogP contribution in [0.15, 0.2) is 18.2 Å². The van der Waals surface area contributed by atoms with Gasteiger partial charge in [0.25, 0.3) is 5.91 Å². The quantitative estimate of drug-likeness (QED) is 0.535. The van der Waals surface area contributed by atoms with E-state index in [1.54, 1.807) is 19.2 Å². The molecule has 1 fully saturated rings. The van der Waals surface area contributed by atoms with Gasteiger partial charge in [-0.05, 0) is 31.9 Å². The van der Waals surface area contributed by atoms with Crippen LogP contribution in [-0.2, 0) is 11.2 Å². The Hall–Kier alpha value is -2.98. The van der Waals surface area contributed by atoms with Crippen molar-refractivity contribution < 1.29 is 19.4 Å². The van der Waals surface area contributed by atoms with Gasteiger partial charge in [0.05, 0.1) is 33.6 Å². The Kier molecular flexibility index (Phi) is 5.92. The Bertz CT molecular complexity index is 1120. The fourth-order valence-corrected chi connectivity index (χ4v) is 5.03. The second kappa shape index (κ2) is 8.64. The predicted octanol–water partition coefficient (Wildman–Crippen LogP) is 2.61. The number of hydrogen-bond donors (Lipinski definition) is 3. The lowest BCUT2D eigenvalue weighted by molar-refractivity contribution is 0.0538. The minimum Gasteiger partial charge on any atom is -0.478 e. The summed E-state index contributed by atoms with van der Waals surface area (Å²) in [6.07, 6.45) is 1.21. The zero-order valence-corrected chi connectivity index (χ0v) is 18.5. The number of carboxylic acid groups (broad SMARTS) is 1. The van der Waals surface area contributed by atoms with Gasteiger partial charge < -0.3 is 25.0 Å². The van der Waals surface area contributed by atoms with E-state index in [1.165, 1.54) is 11.3 Å². The number of aromatic amines is 1. The highest BCUT2D eigenvalue weighted by Crippen LogP contribution is 2.33. The van der Waals surface area contributed by atoms with E-state index in [0.717, 1.165) is 22.9 Å². The number of methoxy groups -OCH3 is 1. The molecule has 0 aliphatic carbocycles. The average molecular weight is 444 g/mol. The summed E-state index contributed by atoms with van der Waals surface area (Å²) >= 11 is 1.37. The number of aromatic carboxylic acids is 1. The van der Waals surface area contributed by atoms with Gasteiger partial charge in [0.15, 0.2) is 11.0 Å². The van der Waals surface area contributed by atoms with Gasteiger partial charge in [-0.15, -0.1) is 0 Å². The summed E-state index contributed by atoms with van der Waals surface area (Å²) in [4.78, 5) is 38.3. The van der Waals surface area contributed by atoms with E-state index in [1.807, 2.05) is 19.9 Å². The third-order valence-corrected chi connectivity index (χ3v) is 6.78. The van der Waals surface area contributed by atoms with Crippen LogP contribution in [0.4, 0.5) is 5.13 Å². The molecular formula is C21H25N5O4S. The van der Waals surface area contributed by atoms with Crippen molar-refractivity contribution in [3.63, 3.8) is 0 Å². The number of rotatable bonds is 6. The molecule has 3 heterocycles. The molecule has 0 spiro atoms. The Labute approximate surface area is 183 Å². The number of imidazole rings is 1. The van der Waals surface area contributed by atoms with E-state index >= 15 is 0 Å². The number of aryl methyl sites for hydroxylation is 2. The third kappa shape index (κ3) is 4.13. The molecule has 3 N–H and O–H groups in total. The second-order valence-electron chi connectivity index (χ2n) is 7.55. The van der Waals surface area contributed by atoms with Gasteiger partial charge >= 0.3 is 5.97 Å². The fourth-order valence-electron chi connectivity index (χ4n) is 3.92. The molecule has 2 atom stereocenters. The van der Waals surface area contributed by atoms with Crippen molar-refractivity contribution in [2.24, 2.45) is 0 Å². The molecule has 31 heavy (non-hydrogen) atoms. The normalized spacial score (nSPS) is 19.0. The van der Waals surface area contributed by atoms with E-state index < -0.39 is 5.97 Å². The molecule has 1 aliphatic heterocycles. The second-order valence-corrected chi connectivity index (χ2v) is 8.53. The van der Waals surface area contributed by atoms with Crippen LogP contribution in [0.25, 0.3) is 10.2 Å². The highest BCUT2D eigenvalue weighted by Gasteiger charge is 2.32. The Morgan fingerprint density at radius 1 is 1.39 bits per heavy atom. The van der Waals surface area contributed by atoms with Crippen molar-refractivity contribution >= 4 is 38.6 Å². The number of hydrogen-bond acceptors (Lipinski definition) is 7. The molecule has 1 aliphatic rings. The molecule has 1 amide bonds. The SMILES string of the molecule is CCc1nc(C(=O)N[C@H]2CCN(c3nc4cccc(C(=O)O)c4s3)C[C@H]2OC)[nH]c1C. The number of aromatic nitrogens is 3. The summed E-state index contributed by atoms with van der Waals surface area (Å²) < 4.78 is 6.34. The number of carbonyl (C=O) groups is 2. The number of nitrogens with zero attached hydrogens (tertiary/aromatic N) is 3. The van der Waals surface area contributed by atoms with Crippen LogP contribution in [0.1, 0.15) is 45.7 Å². The number of benzene rings is 1. The van der Waals surface area contributed by atoms with Crippen molar-refractivity contribution in [3.05, 3.63) is 41.0 Å². The lowest BCUT2D eigenvalue weighted by Gasteiger charge is -2.37. The van der Waals surface area contributed by atoms with E-state index in [0.29, 0.717) is 35.6 Å². The van der Waals surface area contributed by atoms with E-state index in [2.05, 4.69) is 25.2 Å². The van der Waals surface area contributed by atoms with E-state index in [-0.39, 0.29) is 23.6 Å². The van der Waals surface area contributed by atoms with Gasteiger partial charge in [-0.2, -0.15) is 0 Å². The van der Waals surface area contributed by atoms with Gasteiger partial charge in [-0.25, -0.2) is 14.8 Å². The van der Waals surface area contributed by atoms with Gasteiger partial charge in [0.2, 0.25) is 0 Å². The molecule has 9 nitrogen and oxygen atoms in total. The van der Waals surface area contributed by atoms with Crippen LogP contribution in [0.3, 0.4) is 0 Å². The number of thiazole rings is 1. The summed E-state index contributed by atoms with van der Waals surface area (Å²) in [5, 5.41) is 13.2. The van der Waals surface area contributed by atoms with Crippen molar-refractivity contribution in [2.45, 2.75) is 38.8 Å². The first-order chi connectivity index (χ1) is 14.9. The number of ether oxygens (including phenoxy) is 1. The smallest absolute Gasteiger partial charge is 0.337 e. The summed E-state index contributed by atoms with van der Waals surface area (Å²) in [5.41, 5.74) is 2.72. The largest absolute Gasteiger partial charge is 0.478 e. The van der Waals surface area contributed by atoms with Gasteiger partial charge in [-0.1, -0.05) is 24.3 Å². The number of nitrogens with one attached hydrogen (secondary N) is 2. The molecule has 10 heteroatoms. The number of H-pyrrole nitrogens is 1. The van der Waals surface area contributed by atoms with Crippen LogP contribution in [0.2, 0.25) is 0 Å². The highest BCUT2D eigenvalue weighted by molar-refractivity contribution is 7.22. The standard InChI is InChI=1S/C21H25N5O4S/c1-4-13-11(2)22-18(23-13)19(27)24-14-8-9-26(10-16(14)30-3)21-25-15-7-5-6-12(20(28)29)17(15)31-21/h5-7,14,16H,4,8-10H2,1-3H3,(H,22,23)(H,24,27)(H,28,29)/t14-,16+/m0/s1. The maximum atomic E-state index is 12.7. The molecule has 164 valence electrons. The number of piperidine rings is 1. The molecule has 0 saturated carbocycles. The predicted molar refractivity (Wildman–Crippen MR) is 118 cm³/mol. The molecule has 4 rings (SSSR count). The number of carboxylic acids is 1. The topological polar surface area (TPSA) is 120 Å². The Balaban J connectivity index is 1.48. The summed E-state index contributed by atoms with van der Waals surface area (Å²) in [6, 6.07) is 4.95. The van der Waals surface area contributed by atoms with Crippen molar-refractivity contribution in [1.82, 2.24) is 20.3 Å². The van der Waals surface area contributed by atoms with Crippen LogP contribution in [0, 0.1) is 6.92 Å².